The van der Waals surface area contributed by atoms with Crippen LogP contribution in [0.1, 0.15) is 39.5 Å². The molecule has 3 N–H and O–H groups in total. The molecule has 7 heteroatoms. The van der Waals surface area contributed by atoms with Gasteiger partial charge < -0.3 is 20.3 Å². The standard InChI is InChI=1S/C16H22ClNO5/c1-14(6-7-17)12(21)18-16(13(22)23-15(14,16)2)11(20)9-4-3-5-10(19)8-9/h8,10-11,19-20H,3-7H2,1-2H3,(H,18,21)/t10?,11?,14-,15-,16-/m0/s1. The van der Waals surface area contributed by atoms with Crippen molar-refractivity contribution in [2.45, 2.75) is 62.9 Å². The van der Waals surface area contributed by atoms with E-state index in [1.807, 2.05) is 0 Å². The topological polar surface area (TPSA) is 95.9 Å². The van der Waals surface area contributed by atoms with Crippen molar-refractivity contribution >= 4 is 23.5 Å². The lowest BCUT2D eigenvalue weighted by Crippen LogP contribution is -2.80. The fourth-order valence-corrected chi connectivity index (χ4v) is 4.54. The van der Waals surface area contributed by atoms with Crippen LogP contribution in [0, 0.1) is 5.41 Å². The van der Waals surface area contributed by atoms with Crippen molar-refractivity contribution in [2.24, 2.45) is 5.41 Å². The summed E-state index contributed by atoms with van der Waals surface area (Å²) in [5, 5.41) is 23.4. The van der Waals surface area contributed by atoms with Gasteiger partial charge in [-0.05, 0) is 45.1 Å². The summed E-state index contributed by atoms with van der Waals surface area (Å²) in [4.78, 5) is 24.9. The van der Waals surface area contributed by atoms with E-state index < -0.39 is 34.7 Å². The third-order valence-electron chi connectivity index (χ3n) is 5.96. The van der Waals surface area contributed by atoms with E-state index in [2.05, 4.69) is 5.32 Å². The van der Waals surface area contributed by atoms with E-state index in [9.17, 15) is 19.8 Å². The quantitative estimate of drug-likeness (QED) is 0.395. The maximum absolute atomic E-state index is 12.6. The van der Waals surface area contributed by atoms with E-state index >= 15 is 0 Å². The Morgan fingerprint density at radius 2 is 2.17 bits per heavy atom. The number of amides is 1. The molecular formula is C16H22ClNO5. The van der Waals surface area contributed by atoms with Gasteiger partial charge in [-0.1, -0.05) is 6.08 Å². The van der Waals surface area contributed by atoms with E-state index in [0.717, 1.165) is 6.42 Å². The largest absolute Gasteiger partial charge is 0.453 e. The Morgan fingerprint density at radius 3 is 2.74 bits per heavy atom. The van der Waals surface area contributed by atoms with Crippen molar-refractivity contribution in [2.75, 3.05) is 5.88 Å². The first-order valence-corrected chi connectivity index (χ1v) is 8.45. The predicted octanol–water partition coefficient (Wildman–Crippen LogP) is 0.638. The molecule has 1 aliphatic carbocycles. The summed E-state index contributed by atoms with van der Waals surface area (Å²) >= 11 is 5.84. The minimum atomic E-state index is -1.51. The van der Waals surface area contributed by atoms with Crippen LogP contribution >= 0.6 is 11.6 Å². The van der Waals surface area contributed by atoms with E-state index in [4.69, 9.17) is 16.3 Å². The number of halogens is 1. The lowest BCUT2D eigenvalue weighted by atomic mass is 9.60. The summed E-state index contributed by atoms with van der Waals surface area (Å²) < 4.78 is 5.40. The molecule has 3 rings (SSSR count). The molecule has 2 aliphatic heterocycles. The van der Waals surface area contributed by atoms with Gasteiger partial charge in [-0.25, -0.2) is 4.79 Å². The van der Waals surface area contributed by atoms with Crippen LogP contribution in [0.25, 0.3) is 0 Å². The molecule has 128 valence electrons. The molecule has 0 spiro atoms. The second-order valence-electron chi connectivity index (χ2n) is 7.06. The molecule has 2 unspecified atom stereocenters. The monoisotopic (exact) mass is 343 g/mol. The van der Waals surface area contributed by atoms with Crippen molar-refractivity contribution in [3.63, 3.8) is 0 Å². The Hall–Kier alpha value is -1.11. The smallest absolute Gasteiger partial charge is 0.339 e. The first-order valence-electron chi connectivity index (χ1n) is 7.91. The molecule has 2 saturated heterocycles. The number of hydrogen-bond acceptors (Lipinski definition) is 5. The second-order valence-corrected chi connectivity index (χ2v) is 7.44. The number of nitrogens with one attached hydrogen (secondary N) is 1. The number of alkyl halides is 1. The lowest BCUT2D eigenvalue weighted by molar-refractivity contribution is -0.243. The van der Waals surface area contributed by atoms with Crippen LogP contribution < -0.4 is 5.32 Å². The summed E-state index contributed by atoms with van der Waals surface area (Å²) in [6.45, 7) is 3.37. The van der Waals surface area contributed by atoms with Crippen LogP contribution in [0.5, 0.6) is 0 Å². The van der Waals surface area contributed by atoms with Gasteiger partial charge in [-0.15, -0.1) is 11.6 Å². The second kappa shape index (κ2) is 5.19. The van der Waals surface area contributed by atoms with Crippen molar-refractivity contribution < 1.29 is 24.5 Å². The number of aliphatic hydroxyl groups is 2. The summed E-state index contributed by atoms with van der Waals surface area (Å²) in [7, 11) is 0. The highest BCUT2D eigenvalue weighted by atomic mass is 35.5. The zero-order chi connectivity index (χ0) is 17.0. The number of carbonyl (C=O) groups is 2. The Kier molecular flexibility index (Phi) is 3.78. The van der Waals surface area contributed by atoms with Crippen LogP contribution in [-0.4, -0.2) is 51.3 Å². The first kappa shape index (κ1) is 16.7. The molecule has 6 nitrogen and oxygen atoms in total. The average Bonchev–Trinajstić information content (AvgIpc) is 2.63. The zero-order valence-electron chi connectivity index (χ0n) is 13.3. The first-order chi connectivity index (χ1) is 10.7. The number of fused-ring (bicyclic) bond motifs is 1. The Bertz CT molecular complexity index is 593. The summed E-state index contributed by atoms with van der Waals surface area (Å²) in [6, 6.07) is 0. The molecule has 2 heterocycles. The molecule has 2 fully saturated rings. The Morgan fingerprint density at radius 1 is 1.48 bits per heavy atom. The fourth-order valence-electron chi connectivity index (χ4n) is 4.16. The minimum Gasteiger partial charge on any atom is -0.453 e. The molecule has 0 aromatic rings. The third-order valence-corrected chi connectivity index (χ3v) is 6.15. The summed E-state index contributed by atoms with van der Waals surface area (Å²) in [5.74, 6) is -0.743. The lowest BCUT2D eigenvalue weighted by Gasteiger charge is -2.56. The van der Waals surface area contributed by atoms with Crippen molar-refractivity contribution in [1.29, 1.82) is 0 Å². The Labute approximate surface area is 139 Å². The molecular weight excluding hydrogens is 322 g/mol. The molecule has 1 amide bonds. The van der Waals surface area contributed by atoms with Crippen LogP contribution in [0.2, 0.25) is 0 Å². The van der Waals surface area contributed by atoms with E-state index in [0.29, 0.717) is 24.8 Å². The highest BCUT2D eigenvalue weighted by molar-refractivity contribution is 6.18. The van der Waals surface area contributed by atoms with Crippen molar-refractivity contribution in [3.8, 4) is 0 Å². The average molecular weight is 344 g/mol. The van der Waals surface area contributed by atoms with Gasteiger partial charge in [0.2, 0.25) is 11.4 Å². The van der Waals surface area contributed by atoms with Crippen LogP contribution in [0.4, 0.5) is 0 Å². The van der Waals surface area contributed by atoms with Gasteiger partial charge in [-0.2, -0.15) is 0 Å². The molecule has 0 bridgehead atoms. The molecule has 5 atom stereocenters. The van der Waals surface area contributed by atoms with Gasteiger partial charge in [-0.3, -0.25) is 4.79 Å². The van der Waals surface area contributed by atoms with Crippen LogP contribution in [0.15, 0.2) is 11.6 Å². The zero-order valence-corrected chi connectivity index (χ0v) is 14.0. The molecule has 0 aromatic heterocycles. The SMILES string of the molecule is C[C@@]12OC(=O)[C@]1(C(O)C1=CC(O)CCC1)NC(=O)[C@]2(C)CCCl. The highest BCUT2D eigenvalue weighted by Crippen LogP contribution is 2.59. The number of carbonyl (C=O) groups excluding carboxylic acids is 2. The van der Waals surface area contributed by atoms with Crippen LogP contribution in [-0.2, 0) is 14.3 Å². The van der Waals surface area contributed by atoms with Crippen molar-refractivity contribution in [1.82, 2.24) is 5.32 Å². The number of aliphatic hydroxyl groups excluding tert-OH is 2. The van der Waals surface area contributed by atoms with Crippen LogP contribution in [0.3, 0.4) is 0 Å². The summed E-state index contributed by atoms with van der Waals surface area (Å²) in [6.07, 6.45) is 1.98. The molecule has 0 saturated carbocycles. The molecule has 3 aliphatic rings. The number of hydrogen-bond donors (Lipinski definition) is 3. The van der Waals surface area contributed by atoms with E-state index in [-0.39, 0.29) is 11.8 Å². The maximum atomic E-state index is 12.6. The van der Waals surface area contributed by atoms with Gasteiger partial charge in [0.05, 0.1) is 11.5 Å². The predicted molar refractivity (Wildman–Crippen MR) is 82.8 cm³/mol. The van der Waals surface area contributed by atoms with Gasteiger partial charge in [0.25, 0.3) is 0 Å². The van der Waals surface area contributed by atoms with Gasteiger partial charge in [0.15, 0.2) is 5.60 Å². The van der Waals surface area contributed by atoms with Gasteiger partial charge >= 0.3 is 5.97 Å². The Balaban J connectivity index is 2.03. The van der Waals surface area contributed by atoms with Gasteiger partial charge in [0, 0.05) is 5.88 Å². The molecule has 23 heavy (non-hydrogen) atoms. The number of ether oxygens (including phenoxy) is 1. The van der Waals surface area contributed by atoms with E-state index in [1.54, 1.807) is 19.9 Å². The molecule has 0 aromatic carbocycles. The molecule has 0 radical (unpaired) electrons. The minimum absolute atomic E-state index is 0.241. The van der Waals surface area contributed by atoms with Crippen molar-refractivity contribution in [3.05, 3.63) is 11.6 Å². The fraction of sp³-hybridized carbons (Fsp3) is 0.750. The highest BCUT2D eigenvalue weighted by Gasteiger charge is 2.83. The number of esters is 1. The number of rotatable bonds is 4. The van der Waals surface area contributed by atoms with E-state index in [1.165, 1.54) is 0 Å². The van der Waals surface area contributed by atoms with Gasteiger partial charge in [0.1, 0.15) is 6.10 Å². The third kappa shape index (κ3) is 1.88. The maximum Gasteiger partial charge on any atom is 0.339 e. The summed E-state index contributed by atoms with van der Waals surface area (Å²) in [5.41, 5.74) is -3.11. The normalized spacial score (nSPS) is 43.9.